The summed E-state index contributed by atoms with van der Waals surface area (Å²) < 4.78 is 78.5. The van der Waals surface area contributed by atoms with Crippen molar-refractivity contribution in [2.24, 2.45) is 0 Å². The van der Waals surface area contributed by atoms with Crippen molar-refractivity contribution in [3.63, 3.8) is 0 Å². The molecule has 14 heteroatoms. The zero-order valence-corrected chi connectivity index (χ0v) is 20.1. The van der Waals surface area contributed by atoms with Gasteiger partial charge in [-0.1, -0.05) is 30.3 Å². The zero-order valence-electron chi connectivity index (χ0n) is 18.5. The van der Waals surface area contributed by atoms with Crippen molar-refractivity contribution < 1.29 is 53.7 Å². The number of benzene rings is 1. The number of hydrogen-bond acceptors (Lipinski definition) is 12. The van der Waals surface area contributed by atoms with Gasteiger partial charge in [-0.05, 0) is 5.56 Å². The number of carbonyl (C=O) groups excluding carboxylic acids is 2. The molecule has 33 heavy (non-hydrogen) atoms. The van der Waals surface area contributed by atoms with E-state index in [0.717, 1.165) is 26.4 Å². The summed E-state index contributed by atoms with van der Waals surface area (Å²) in [4.78, 5) is 23.4. The molecule has 1 aliphatic rings. The first-order valence-corrected chi connectivity index (χ1v) is 13.2. The smallest absolute Gasteiger partial charge is 0.305 e. The summed E-state index contributed by atoms with van der Waals surface area (Å²) in [5, 5.41) is 0. The quantitative estimate of drug-likeness (QED) is 0.293. The second-order valence-electron chi connectivity index (χ2n) is 7.38. The van der Waals surface area contributed by atoms with Crippen LogP contribution in [-0.4, -0.2) is 78.6 Å². The van der Waals surface area contributed by atoms with Crippen LogP contribution in [0.4, 0.5) is 0 Å². The van der Waals surface area contributed by atoms with Crippen molar-refractivity contribution in [1.29, 1.82) is 0 Å². The first-order valence-electron chi connectivity index (χ1n) is 9.57. The summed E-state index contributed by atoms with van der Waals surface area (Å²) in [6.45, 7) is 0.540. The Hall–Kier alpha value is -2.10. The highest BCUT2D eigenvalue weighted by atomic mass is 32.2. The molecule has 1 aromatic carbocycles. The molecule has 0 spiro atoms. The maximum absolute atomic E-state index is 11.8. The van der Waals surface area contributed by atoms with E-state index < -0.39 is 69.5 Å². The van der Waals surface area contributed by atoms with Crippen LogP contribution < -0.4 is 0 Å². The molecule has 0 aliphatic carbocycles. The zero-order chi connectivity index (χ0) is 24.9. The molecule has 0 bridgehead atoms. The van der Waals surface area contributed by atoms with Crippen LogP contribution in [0.5, 0.6) is 0 Å². The molecule has 1 saturated heterocycles. The van der Waals surface area contributed by atoms with Crippen molar-refractivity contribution in [2.75, 3.05) is 25.7 Å². The maximum Gasteiger partial charge on any atom is 0.305 e. The number of esters is 2. The molecule has 12 nitrogen and oxygen atoms in total. The molecule has 1 aliphatic heterocycles. The minimum atomic E-state index is -4.03. The second-order valence-corrected chi connectivity index (χ2v) is 10.7. The third kappa shape index (κ3) is 8.64. The van der Waals surface area contributed by atoms with E-state index >= 15 is 0 Å². The summed E-state index contributed by atoms with van der Waals surface area (Å²) in [5.41, 5.74) is -1.27. The molecule has 1 unspecified atom stereocenters. The van der Waals surface area contributed by atoms with Gasteiger partial charge in [0.1, 0.15) is 19.3 Å². The molecule has 1 fully saturated rings. The van der Waals surface area contributed by atoms with Gasteiger partial charge in [-0.15, -0.1) is 0 Å². The van der Waals surface area contributed by atoms with Crippen LogP contribution >= 0.6 is 0 Å². The average molecular weight is 511 g/mol. The van der Waals surface area contributed by atoms with E-state index in [9.17, 15) is 26.4 Å². The lowest BCUT2D eigenvalue weighted by Gasteiger charge is -2.33. The summed E-state index contributed by atoms with van der Waals surface area (Å²) in [6, 6.07) is 8.76. The Balaban J connectivity index is 2.50. The molecule has 0 saturated carbocycles. The Labute approximate surface area is 192 Å². The molecule has 1 aromatic rings. The third-order valence-electron chi connectivity index (χ3n) is 4.33. The van der Waals surface area contributed by atoms with Gasteiger partial charge in [0.2, 0.25) is 6.29 Å². The highest BCUT2D eigenvalue weighted by molar-refractivity contribution is 7.86. The highest BCUT2D eigenvalue weighted by Crippen LogP contribution is 2.38. The molecule has 0 N–H and O–H groups in total. The summed E-state index contributed by atoms with van der Waals surface area (Å²) in [5.74, 6) is -1.58. The topological polar surface area (TPSA) is 158 Å². The van der Waals surface area contributed by atoms with Crippen LogP contribution in [0, 0.1) is 0 Å². The van der Waals surface area contributed by atoms with Gasteiger partial charge >= 0.3 is 11.9 Å². The SMILES string of the molecule is CC(=O)OC1OC(COS(C)(=O)=O)(COS(C)(=O)=O)[C@@H](OCc2ccccc2)[C@H]1OC(C)=O. The third-order valence-corrected chi connectivity index (χ3v) is 5.42. The van der Waals surface area contributed by atoms with Gasteiger partial charge in [-0.2, -0.15) is 16.8 Å². The Bertz CT molecular complexity index is 1000. The Kier molecular flexibility index (Phi) is 8.95. The van der Waals surface area contributed by atoms with Crippen molar-refractivity contribution in [2.45, 2.75) is 44.6 Å². The molecule has 0 radical (unpaired) electrons. The van der Waals surface area contributed by atoms with Gasteiger partial charge in [0, 0.05) is 13.8 Å². The second kappa shape index (κ2) is 10.9. The number of carbonyl (C=O) groups is 2. The summed E-state index contributed by atoms with van der Waals surface area (Å²) >= 11 is 0. The maximum atomic E-state index is 11.8. The molecular weight excluding hydrogens is 484 g/mol. The molecule has 3 atom stereocenters. The summed E-state index contributed by atoms with van der Waals surface area (Å²) in [7, 11) is -8.06. The first-order chi connectivity index (χ1) is 15.2. The van der Waals surface area contributed by atoms with Gasteiger partial charge in [0.25, 0.3) is 20.2 Å². The molecule has 0 aromatic heterocycles. The van der Waals surface area contributed by atoms with Gasteiger partial charge in [-0.25, -0.2) is 0 Å². The van der Waals surface area contributed by atoms with Crippen LogP contribution in [0.2, 0.25) is 0 Å². The first kappa shape index (κ1) is 27.1. The number of hydrogen-bond donors (Lipinski definition) is 0. The van der Waals surface area contributed by atoms with E-state index in [2.05, 4.69) is 0 Å². The van der Waals surface area contributed by atoms with E-state index in [-0.39, 0.29) is 6.61 Å². The van der Waals surface area contributed by atoms with E-state index in [0.29, 0.717) is 5.56 Å². The van der Waals surface area contributed by atoms with Crippen LogP contribution in [-0.2, 0) is 63.7 Å². The van der Waals surface area contributed by atoms with Crippen molar-refractivity contribution >= 4 is 32.2 Å². The van der Waals surface area contributed by atoms with Crippen molar-refractivity contribution in [3.05, 3.63) is 35.9 Å². The lowest BCUT2D eigenvalue weighted by atomic mass is 9.96. The predicted molar refractivity (Wildman–Crippen MR) is 112 cm³/mol. The van der Waals surface area contributed by atoms with Crippen LogP contribution in [0.1, 0.15) is 19.4 Å². The van der Waals surface area contributed by atoms with E-state index in [1.165, 1.54) is 0 Å². The molecule has 2 rings (SSSR count). The summed E-state index contributed by atoms with van der Waals surface area (Å²) in [6.07, 6.45) is -2.74. The monoisotopic (exact) mass is 510 g/mol. The fraction of sp³-hybridized carbons (Fsp3) is 0.579. The van der Waals surface area contributed by atoms with Gasteiger partial charge < -0.3 is 18.9 Å². The van der Waals surface area contributed by atoms with Crippen LogP contribution in [0.3, 0.4) is 0 Å². The standard InChI is InChI=1S/C19H26O12S2/c1-13(20)29-16-17(26-10-15-8-6-5-7-9-15)19(11-27-32(3,22)23,12-28-33(4,24)25)31-18(16)30-14(2)21/h5-9,16-18H,10-12H2,1-4H3/t16-,17+,18?/m1/s1. The lowest BCUT2D eigenvalue weighted by Crippen LogP contribution is -2.53. The normalized spacial score (nSPS) is 22.6. The molecule has 0 amide bonds. The molecule has 1 heterocycles. The lowest BCUT2D eigenvalue weighted by molar-refractivity contribution is -0.211. The fourth-order valence-corrected chi connectivity index (χ4v) is 3.89. The van der Waals surface area contributed by atoms with E-state index in [1.54, 1.807) is 30.3 Å². The van der Waals surface area contributed by atoms with Gasteiger partial charge in [0.15, 0.2) is 11.7 Å². The molecular formula is C19H26O12S2. The minimum absolute atomic E-state index is 0.0705. The Morgan fingerprint density at radius 2 is 1.42 bits per heavy atom. The largest absolute Gasteiger partial charge is 0.453 e. The van der Waals surface area contributed by atoms with Crippen molar-refractivity contribution in [1.82, 2.24) is 0 Å². The average Bonchev–Trinajstić information content (AvgIpc) is 2.95. The number of ether oxygens (including phenoxy) is 4. The highest BCUT2D eigenvalue weighted by Gasteiger charge is 2.60. The Morgan fingerprint density at radius 3 is 1.88 bits per heavy atom. The Morgan fingerprint density at radius 1 is 0.909 bits per heavy atom. The number of rotatable bonds is 11. The van der Waals surface area contributed by atoms with Crippen molar-refractivity contribution in [3.8, 4) is 0 Å². The minimum Gasteiger partial charge on any atom is -0.453 e. The van der Waals surface area contributed by atoms with E-state index in [1.807, 2.05) is 0 Å². The van der Waals surface area contributed by atoms with Crippen LogP contribution in [0.25, 0.3) is 0 Å². The van der Waals surface area contributed by atoms with Gasteiger partial charge in [0.05, 0.1) is 19.1 Å². The van der Waals surface area contributed by atoms with Gasteiger partial charge in [-0.3, -0.25) is 18.0 Å². The molecule has 186 valence electrons. The van der Waals surface area contributed by atoms with Crippen LogP contribution in [0.15, 0.2) is 30.3 Å². The predicted octanol–water partition coefficient (Wildman–Crippen LogP) is 0.114. The fourth-order valence-electron chi connectivity index (χ4n) is 3.07. The van der Waals surface area contributed by atoms with E-state index in [4.69, 9.17) is 27.3 Å².